The summed E-state index contributed by atoms with van der Waals surface area (Å²) in [6, 6.07) is 9.93. The minimum absolute atomic E-state index is 0.0699. The molecule has 5 rings (SSSR count). The average Bonchev–Trinajstić information content (AvgIpc) is 3.42. The molecule has 0 unspecified atom stereocenters. The lowest BCUT2D eigenvalue weighted by Crippen LogP contribution is -2.41. The third kappa shape index (κ3) is 3.40. The van der Waals surface area contributed by atoms with Gasteiger partial charge in [-0.25, -0.2) is 4.39 Å². The Morgan fingerprint density at radius 1 is 1.17 bits per heavy atom. The molecule has 156 valence electrons. The molecule has 4 heterocycles. The van der Waals surface area contributed by atoms with Crippen LogP contribution in [0, 0.1) is 17.7 Å². The first-order chi connectivity index (χ1) is 14.5. The number of benzene rings is 1. The maximum Gasteiger partial charge on any atom is 0.230 e. The van der Waals surface area contributed by atoms with Crippen LogP contribution in [0.4, 0.5) is 4.39 Å². The highest BCUT2D eigenvalue weighted by molar-refractivity contribution is 7.17. The third-order valence-corrected chi connectivity index (χ3v) is 6.71. The maximum atomic E-state index is 13.6. The quantitative estimate of drug-likeness (QED) is 0.499. The summed E-state index contributed by atoms with van der Waals surface area (Å²) in [6.07, 6.45) is 2.75. The Hall–Kier alpha value is -2.71. The van der Waals surface area contributed by atoms with Gasteiger partial charge in [-0.3, -0.25) is 4.90 Å². The van der Waals surface area contributed by atoms with Crippen LogP contribution in [0.2, 0.25) is 0 Å². The van der Waals surface area contributed by atoms with E-state index in [1.54, 1.807) is 30.5 Å². The van der Waals surface area contributed by atoms with E-state index in [1.165, 1.54) is 34.4 Å². The van der Waals surface area contributed by atoms with Gasteiger partial charge < -0.3 is 9.52 Å². The molecule has 3 atom stereocenters. The SMILES string of the molecule is C[C@@H]1C[C@H](C)CN([C@@H](c2ccc(F)cc2)c2sc3nc(-c4ccco4)nn3c2O)C1. The minimum atomic E-state index is -0.271. The van der Waals surface area contributed by atoms with Gasteiger partial charge >= 0.3 is 0 Å². The zero-order valence-corrected chi connectivity index (χ0v) is 17.6. The second-order valence-electron chi connectivity index (χ2n) is 8.25. The maximum absolute atomic E-state index is 13.6. The summed E-state index contributed by atoms with van der Waals surface area (Å²) in [6.45, 7) is 6.33. The van der Waals surface area contributed by atoms with E-state index >= 15 is 0 Å². The number of fused-ring (bicyclic) bond motifs is 1. The van der Waals surface area contributed by atoms with E-state index in [0.717, 1.165) is 23.5 Å². The Kier molecular flexibility index (Phi) is 4.83. The summed E-state index contributed by atoms with van der Waals surface area (Å²) in [5.41, 5.74) is 0.948. The molecule has 4 aromatic rings. The molecule has 8 heteroatoms. The molecule has 0 amide bonds. The van der Waals surface area contributed by atoms with Gasteiger partial charge in [-0.2, -0.15) is 9.50 Å². The lowest BCUT2D eigenvalue weighted by Gasteiger charge is -2.40. The molecule has 1 saturated heterocycles. The van der Waals surface area contributed by atoms with Crippen LogP contribution >= 0.6 is 11.3 Å². The fourth-order valence-electron chi connectivity index (χ4n) is 4.53. The molecule has 1 aromatic carbocycles. The molecule has 6 nitrogen and oxygen atoms in total. The molecule has 0 radical (unpaired) electrons. The van der Waals surface area contributed by atoms with Gasteiger partial charge in [0.2, 0.25) is 16.7 Å². The Bertz CT molecular complexity index is 1140. The summed E-state index contributed by atoms with van der Waals surface area (Å²) in [7, 11) is 0. The van der Waals surface area contributed by atoms with Gasteiger partial charge in [0.25, 0.3) is 0 Å². The van der Waals surface area contributed by atoms with Gasteiger partial charge in [0.05, 0.1) is 17.2 Å². The summed E-state index contributed by atoms with van der Waals surface area (Å²) in [4.78, 5) is 8.28. The first-order valence-corrected chi connectivity index (χ1v) is 10.9. The van der Waals surface area contributed by atoms with Crippen LogP contribution in [0.1, 0.15) is 36.8 Å². The lowest BCUT2D eigenvalue weighted by atomic mass is 9.89. The van der Waals surface area contributed by atoms with Crippen LogP contribution in [0.25, 0.3) is 16.5 Å². The first kappa shape index (κ1) is 19.3. The number of aromatic nitrogens is 3. The second-order valence-corrected chi connectivity index (χ2v) is 9.26. The number of halogens is 1. The number of likely N-dealkylation sites (tertiary alicyclic amines) is 1. The highest BCUT2D eigenvalue weighted by atomic mass is 32.1. The van der Waals surface area contributed by atoms with Crippen LogP contribution in [0.5, 0.6) is 5.88 Å². The van der Waals surface area contributed by atoms with Crippen molar-refractivity contribution in [2.75, 3.05) is 13.1 Å². The molecular formula is C22H23FN4O2S. The summed E-state index contributed by atoms with van der Waals surface area (Å²) in [5, 5.41) is 15.5. The van der Waals surface area contributed by atoms with Gasteiger partial charge in [0, 0.05) is 13.1 Å². The van der Waals surface area contributed by atoms with E-state index in [2.05, 4.69) is 28.8 Å². The number of hydrogen-bond acceptors (Lipinski definition) is 6. The zero-order valence-electron chi connectivity index (χ0n) is 16.8. The van der Waals surface area contributed by atoms with E-state index < -0.39 is 0 Å². The van der Waals surface area contributed by atoms with E-state index in [4.69, 9.17) is 4.42 Å². The topological polar surface area (TPSA) is 66.8 Å². The smallest absolute Gasteiger partial charge is 0.230 e. The average molecular weight is 427 g/mol. The van der Waals surface area contributed by atoms with Gasteiger partial charge in [-0.05, 0) is 48.1 Å². The van der Waals surface area contributed by atoms with Crippen molar-refractivity contribution < 1.29 is 13.9 Å². The number of nitrogens with zero attached hydrogens (tertiary/aromatic N) is 4. The van der Waals surface area contributed by atoms with Crippen molar-refractivity contribution in [2.45, 2.75) is 26.3 Å². The van der Waals surface area contributed by atoms with E-state index in [9.17, 15) is 9.50 Å². The largest absolute Gasteiger partial charge is 0.492 e. The van der Waals surface area contributed by atoms with Gasteiger partial charge in [-0.15, -0.1) is 5.10 Å². The highest BCUT2D eigenvalue weighted by Crippen LogP contribution is 2.42. The zero-order chi connectivity index (χ0) is 20.8. The Labute approximate surface area is 177 Å². The standard InChI is InChI=1S/C22H23FN4O2S/c1-13-10-14(2)12-26(11-13)18(15-5-7-16(23)8-6-15)19-21(28)27-22(30-19)24-20(25-27)17-4-3-9-29-17/h3-9,13-14,18,28H,10-12H2,1-2H3/t13-,14+,18-/m0/s1. The molecular weight excluding hydrogens is 403 g/mol. The minimum Gasteiger partial charge on any atom is -0.492 e. The van der Waals surface area contributed by atoms with Crippen molar-refractivity contribution in [1.82, 2.24) is 19.5 Å². The van der Waals surface area contributed by atoms with Crippen LogP contribution in [-0.4, -0.2) is 37.7 Å². The third-order valence-electron chi connectivity index (χ3n) is 5.64. The molecule has 3 aromatic heterocycles. The number of hydrogen-bond donors (Lipinski definition) is 1. The highest BCUT2D eigenvalue weighted by Gasteiger charge is 2.33. The molecule has 0 saturated carbocycles. The van der Waals surface area contributed by atoms with Crippen LogP contribution < -0.4 is 0 Å². The Morgan fingerprint density at radius 3 is 2.53 bits per heavy atom. The van der Waals surface area contributed by atoms with E-state index in [0.29, 0.717) is 28.4 Å². The van der Waals surface area contributed by atoms with Gasteiger partial charge in [0.1, 0.15) is 5.82 Å². The first-order valence-electron chi connectivity index (χ1n) is 10.1. The lowest BCUT2D eigenvalue weighted by molar-refractivity contribution is 0.112. The molecule has 0 aliphatic carbocycles. The Balaban J connectivity index is 1.60. The number of aromatic hydroxyl groups is 1. The molecule has 30 heavy (non-hydrogen) atoms. The van der Waals surface area contributed by atoms with Crippen molar-refractivity contribution in [1.29, 1.82) is 0 Å². The van der Waals surface area contributed by atoms with Crippen LogP contribution in [0.15, 0.2) is 47.1 Å². The molecule has 0 spiro atoms. The van der Waals surface area contributed by atoms with Crippen molar-refractivity contribution >= 4 is 16.3 Å². The van der Waals surface area contributed by atoms with Crippen LogP contribution in [-0.2, 0) is 0 Å². The fourth-order valence-corrected chi connectivity index (χ4v) is 5.65. The summed E-state index contributed by atoms with van der Waals surface area (Å²) >= 11 is 1.41. The number of piperidine rings is 1. The van der Waals surface area contributed by atoms with E-state index in [-0.39, 0.29) is 17.7 Å². The normalized spacial score (nSPS) is 21.3. The summed E-state index contributed by atoms with van der Waals surface area (Å²) < 4.78 is 20.4. The molecule has 1 aliphatic rings. The Morgan fingerprint density at radius 2 is 1.90 bits per heavy atom. The van der Waals surface area contributed by atoms with Gasteiger partial charge in [0.15, 0.2) is 5.76 Å². The van der Waals surface area contributed by atoms with Crippen molar-refractivity contribution in [3.05, 3.63) is 58.9 Å². The molecule has 1 fully saturated rings. The molecule has 1 N–H and O–H groups in total. The second kappa shape index (κ2) is 7.52. The van der Waals surface area contributed by atoms with Crippen molar-refractivity contribution in [3.63, 3.8) is 0 Å². The molecule has 0 bridgehead atoms. The van der Waals surface area contributed by atoms with Crippen LogP contribution in [0.3, 0.4) is 0 Å². The number of furan rings is 1. The predicted molar refractivity (Wildman–Crippen MR) is 113 cm³/mol. The van der Waals surface area contributed by atoms with Crippen molar-refractivity contribution in [2.24, 2.45) is 11.8 Å². The van der Waals surface area contributed by atoms with Gasteiger partial charge in [-0.1, -0.05) is 37.3 Å². The number of rotatable bonds is 4. The summed E-state index contributed by atoms with van der Waals surface area (Å²) in [5.74, 6) is 1.89. The number of thiazole rings is 1. The monoisotopic (exact) mass is 426 g/mol. The van der Waals surface area contributed by atoms with Crippen molar-refractivity contribution in [3.8, 4) is 17.5 Å². The molecule has 1 aliphatic heterocycles. The predicted octanol–water partition coefficient (Wildman–Crippen LogP) is 4.96. The van der Waals surface area contributed by atoms with E-state index in [1.807, 2.05) is 0 Å². The fraction of sp³-hybridized carbons (Fsp3) is 0.364.